The molecule has 3 saturated carbocycles. The Morgan fingerprint density at radius 1 is 1.26 bits per heavy atom. The minimum Gasteiger partial charge on any atom is -0.478 e. The molecule has 0 aromatic carbocycles. The molecule has 1 heterocycles. The average Bonchev–Trinajstić information content (AvgIpc) is 3.18. The summed E-state index contributed by atoms with van der Waals surface area (Å²) in [5, 5.41) is 26.2. The predicted molar refractivity (Wildman–Crippen MR) is 131 cm³/mol. The number of ketones is 1. The summed E-state index contributed by atoms with van der Waals surface area (Å²) in [4.78, 5) is 32.8. The maximum absolute atomic E-state index is 13.7. The summed E-state index contributed by atoms with van der Waals surface area (Å²) < 4.78 is 0. The number of nitrogens with one attached hydrogen (secondary N) is 1. The van der Waals surface area contributed by atoms with E-state index in [1.807, 2.05) is 24.2 Å². The van der Waals surface area contributed by atoms with Crippen molar-refractivity contribution in [1.82, 2.24) is 10.2 Å². The largest absolute Gasteiger partial charge is 0.478 e. The fraction of sp³-hybridized carbons (Fsp3) is 0.667. The number of Topliss-reactive ketones (excluding diaryl/α,β-unsaturated/α-hetero) is 1. The fourth-order valence-electron chi connectivity index (χ4n) is 9.86. The van der Waals surface area contributed by atoms with Crippen LogP contribution in [0.4, 0.5) is 0 Å². The third kappa shape index (κ3) is 2.34. The highest BCUT2D eigenvalue weighted by Crippen LogP contribution is 2.83. The van der Waals surface area contributed by atoms with Crippen LogP contribution in [0.25, 0.3) is 0 Å². The highest BCUT2D eigenvalue weighted by atomic mass is 16.4. The van der Waals surface area contributed by atoms with Crippen molar-refractivity contribution >= 4 is 17.7 Å². The van der Waals surface area contributed by atoms with Crippen LogP contribution < -0.4 is 11.1 Å². The normalized spacial score (nSPS) is 45.8. The number of rotatable bonds is 3. The Kier molecular flexibility index (Phi) is 4.79. The lowest BCUT2D eigenvalue weighted by molar-refractivity contribution is -0.174. The number of carboxylic acid groups (broad SMARTS) is 1. The second-order valence-electron chi connectivity index (χ2n) is 11.5. The molecule has 3 fully saturated rings. The molecule has 3 bridgehead atoms. The number of carbonyl (C=O) groups is 2. The number of aliphatic carboxylic acids is 1. The summed E-state index contributed by atoms with van der Waals surface area (Å²) in [7, 11) is 3.63. The maximum Gasteiger partial charge on any atom is 0.334 e. The van der Waals surface area contributed by atoms with Gasteiger partial charge in [0.05, 0.1) is 5.57 Å². The molecule has 0 radical (unpaired) electrons. The lowest BCUT2D eigenvalue weighted by atomic mass is 9.36. The van der Waals surface area contributed by atoms with Crippen LogP contribution in [0.1, 0.15) is 44.9 Å². The Bertz CT molecular complexity index is 1130. The summed E-state index contributed by atoms with van der Waals surface area (Å²) in [6, 6.07) is 0. The first-order chi connectivity index (χ1) is 16.7. The molecule has 0 aromatic rings. The first-order valence-corrected chi connectivity index (χ1v) is 13.0. The number of guanidine groups is 1. The van der Waals surface area contributed by atoms with Crippen molar-refractivity contribution in [2.45, 2.75) is 50.5 Å². The number of carbonyl (C=O) groups excluding carboxylic acids is 1. The zero-order valence-electron chi connectivity index (χ0n) is 20.6. The molecule has 2 spiro atoms. The molecule has 1 aliphatic heterocycles. The van der Waals surface area contributed by atoms with Gasteiger partial charge in [-0.3, -0.25) is 9.79 Å². The van der Waals surface area contributed by atoms with E-state index in [0.29, 0.717) is 31.9 Å². The van der Waals surface area contributed by atoms with Crippen molar-refractivity contribution in [1.29, 1.82) is 0 Å². The van der Waals surface area contributed by atoms with E-state index in [0.717, 1.165) is 31.3 Å². The van der Waals surface area contributed by atoms with Crippen LogP contribution in [-0.2, 0) is 9.59 Å². The first kappa shape index (κ1) is 23.0. The van der Waals surface area contributed by atoms with Gasteiger partial charge in [-0.05, 0) is 56.6 Å². The van der Waals surface area contributed by atoms with E-state index in [4.69, 9.17) is 5.73 Å². The molecule has 0 aromatic heterocycles. The third-order valence-electron chi connectivity index (χ3n) is 10.7. The Hall–Kier alpha value is -2.45. The summed E-state index contributed by atoms with van der Waals surface area (Å²) in [5.41, 5.74) is 3.78. The van der Waals surface area contributed by atoms with E-state index < -0.39 is 28.3 Å². The SMILES string of the molecule is CN=C(N)N1C=C[C@@]2(CNC)C=C[C@@H]3[C@@]4(O)C(=O)CCCC[C@@H]5CC[C@@H]6CC(=C4C(=O)O)[C@@]53[C@]62C1. The second-order valence-corrected chi connectivity index (χ2v) is 11.5. The van der Waals surface area contributed by atoms with Crippen LogP contribution in [-0.4, -0.2) is 65.6 Å². The second kappa shape index (κ2) is 7.29. The lowest BCUT2D eigenvalue weighted by Gasteiger charge is -2.69. The number of nitrogens with zero attached hydrogens (tertiary/aromatic N) is 2. The van der Waals surface area contributed by atoms with Gasteiger partial charge in [-0.1, -0.05) is 24.6 Å². The van der Waals surface area contributed by atoms with Crippen molar-refractivity contribution in [3.8, 4) is 0 Å². The number of aliphatic hydroxyl groups is 1. The van der Waals surface area contributed by atoms with Gasteiger partial charge >= 0.3 is 5.97 Å². The molecule has 0 saturated heterocycles. The standard InChI is InChI=1S/C27H36N4O4/c1-29-14-24-10-9-19-26-16-5-3-4-6-20(32)27(19,35)21(22(33)34)18(26)13-17(8-7-16)25(24,26)15-31(12-11-24)23(28)30-2/h9-12,16-17,19,29,35H,3-8,13-15H2,1-2H3,(H2,28,30)(H,33,34)/t16-,17-,19+,24-,25-,26+,27-/m1/s1. The average molecular weight is 481 g/mol. The molecule has 6 aliphatic rings. The van der Waals surface area contributed by atoms with Gasteiger partial charge in [0.25, 0.3) is 0 Å². The quantitative estimate of drug-likeness (QED) is 0.276. The highest BCUT2D eigenvalue weighted by molar-refractivity contribution is 6.05. The number of carboxylic acids is 1. The lowest BCUT2D eigenvalue weighted by Crippen LogP contribution is -2.71. The smallest absolute Gasteiger partial charge is 0.334 e. The minimum absolute atomic E-state index is 0.0219. The van der Waals surface area contributed by atoms with Crippen molar-refractivity contribution in [3.63, 3.8) is 0 Å². The topological polar surface area (TPSA) is 128 Å². The van der Waals surface area contributed by atoms with E-state index in [9.17, 15) is 19.8 Å². The molecule has 8 nitrogen and oxygen atoms in total. The van der Waals surface area contributed by atoms with Crippen molar-refractivity contribution in [2.75, 3.05) is 27.2 Å². The Balaban J connectivity index is 1.74. The van der Waals surface area contributed by atoms with Crippen LogP contribution in [0.15, 0.2) is 40.6 Å². The zero-order valence-corrected chi connectivity index (χ0v) is 20.6. The number of allylic oxidation sites excluding steroid dienone is 1. The third-order valence-corrected chi connectivity index (χ3v) is 10.7. The Morgan fingerprint density at radius 2 is 2.03 bits per heavy atom. The van der Waals surface area contributed by atoms with Crippen molar-refractivity contribution in [2.24, 2.45) is 44.7 Å². The van der Waals surface area contributed by atoms with Crippen LogP contribution in [0.2, 0.25) is 0 Å². The van der Waals surface area contributed by atoms with E-state index in [-0.39, 0.29) is 35.0 Å². The van der Waals surface area contributed by atoms with Crippen LogP contribution in [0.5, 0.6) is 0 Å². The Labute approximate surface area is 206 Å². The molecular weight excluding hydrogens is 444 g/mol. The van der Waals surface area contributed by atoms with E-state index in [1.54, 1.807) is 7.05 Å². The Morgan fingerprint density at radius 3 is 2.74 bits per heavy atom. The van der Waals surface area contributed by atoms with E-state index in [2.05, 4.69) is 22.5 Å². The first-order valence-electron chi connectivity index (χ1n) is 13.0. The predicted octanol–water partition coefficient (Wildman–Crippen LogP) is 1.82. The van der Waals surface area contributed by atoms with E-state index in [1.165, 1.54) is 0 Å². The molecule has 35 heavy (non-hydrogen) atoms. The molecule has 8 heteroatoms. The summed E-state index contributed by atoms with van der Waals surface area (Å²) in [6.45, 7) is 1.29. The molecule has 188 valence electrons. The molecule has 5 N–H and O–H groups in total. The van der Waals surface area contributed by atoms with Gasteiger partial charge < -0.3 is 26.2 Å². The van der Waals surface area contributed by atoms with Gasteiger partial charge in [0.1, 0.15) is 0 Å². The van der Waals surface area contributed by atoms with Crippen molar-refractivity contribution in [3.05, 3.63) is 35.6 Å². The number of aliphatic imine (C=N–C) groups is 1. The monoisotopic (exact) mass is 480 g/mol. The van der Waals surface area contributed by atoms with Crippen molar-refractivity contribution < 1.29 is 19.8 Å². The molecule has 5 aliphatic carbocycles. The fourth-order valence-corrected chi connectivity index (χ4v) is 9.86. The summed E-state index contributed by atoms with van der Waals surface area (Å²) >= 11 is 0. The van der Waals surface area contributed by atoms with Gasteiger partial charge in [-0.15, -0.1) is 0 Å². The molecule has 6 rings (SSSR count). The highest BCUT2D eigenvalue weighted by Gasteiger charge is 2.83. The summed E-state index contributed by atoms with van der Waals surface area (Å²) in [5.74, 6) is -1.21. The van der Waals surface area contributed by atoms with Gasteiger partial charge in [0.2, 0.25) is 0 Å². The van der Waals surface area contributed by atoms with Gasteiger partial charge in [-0.2, -0.15) is 0 Å². The maximum atomic E-state index is 13.7. The number of nitrogens with two attached hydrogens (primary N) is 1. The van der Waals surface area contributed by atoms with Gasteiger partial charge in [-0.25, -0.2) is 4.79 Å². The zero-order chi connectivity index (χ0) is 24.8. The number of hydrogen-bond donors (Lipinski definition) is 4. The minimum atomic E-state index is -1.99. The van der Waals surface area contributed by atoms with E-state index >= 15 is 0 Å². The van der Waals surface area contributed by atoms with Crippen LogP contribution in [0.3, 0.4) is 0 Å². The summed E-state index contributed by atoms with van der Waals surface area (Å²) in [6.07, 6.45) is 13.8. The molecular formula is C27H36N4O4. The molecule has 0 unspecified atom stereocenters. The van der Waals surface area contributed by atoms with Gasteiger partial charge in [0, 0.05) is 54.9 Å². The van der Waals surface area contributed by atoms with Crippen LogP contribution >= 0.6 is 0 Å². The molecule has 0 amide bonds. The number of hydrogen-bond acceptors (Lipinski definition) is 5. The molecule has 7 atom stereocenters. The van der Waals surface area contributed by atoms with Gasteiger partial charge in [0.15, 0.2) is 17.3 Å². The van der Waals surface area contributed by atoms with Crippen LogP contribution in [0, 0.1) is 34.0 Å².